The van der Waals surface area contributed by atoms with Crippen molar-refractivity contribution >= 4 is 23.6 Å². The molecule has 0 radical (unpaired) electrons. The number of benzene rings is 3. The summed E-state index contributed by atoms with van der Waals surface area (Å²) >= 11 is 0. The normalized spacial score (nSPS) is 16.0. The summed E-state index contributed by atoms with van der Waals surface area (Å²) < 4.78 is 0. The minimum atomic E-state index is -0.699. The van der Waals surface area contributed by atoms with E-state index in [1.807, 2.05) is 67.6 Å². The first-order valence-electron chi connectivity index (χ1n) is 11.5. The Morgan fingerprint density at radius 3 is 2.26 bits per heavy atom. The van der Waals surface area contributed by atoms with Crippen LogP contribution in [0, 0.1) is 0 Å². The Morgan fingerprint density at radius 1 is 0.914 bits per heavy atom. The summed E-state index contributed by atoms with van der Waals surface area (Å²) in [4.78, 5) is 51.9. The molecule has 4 amide bonds. The van der Waals surface area contributed by atoms with E-state index in [0.29, 0.717) is 17.5 Å². The lowest BCUT2D eigenvalue weighted by Crippen LogP contribution is -2.37. The van der Waals surface area contributed by atoms with E-state index in [0.717, 1.165) is 16.0 Å². The first kappa shape index (κ1) is 23.9. The topological polar surface area (TPSA) is 95.6 Å². The summed E-state index contributed by atoms with van der Waals surface area (Å²) in [7, 11) is 0. The molecule has 0 saturated carbocycles. The molecule has 0 spiro atoms. The molecule has 0 aliphatic carbocycles. The third kappa shape index (κ3) is 5.81. The monoisotopic (exact) mass is 469 g/mol. The van der Waals surface area contributed by atoms with Gasteiger partial charge in [0.15, 0.2) is 5.78 Å². The number of urea groups is 1. The van der Waals surface area contributed by atoms with E-state index in [1.54, 1.807) is 24.3 Å². The Kier molecular flexibility index (Phi) is 7.35. The van der Waals surface area contributed by atoms with Crippen molar-refractivity contribution in [2.45, 2.75) is 31.8 Å². The highest BCUT2D eigenvalue weighted by molar-refractivity contribution is 6.07. The SMILES string of the molecule is CC(NC(=O)c1ccccc1CC(=O)CN1C(=O)NC(Cc2ccccc2)C1=O)c1ccccc1. The Bertz CT molecular complexity index is 1230. The van der Waals surface area contributed by atoms with Crippen molar-refractivity contribution in [1.82, 2.24) is 15.5 Å². The van der Waals surface area contributed by atoms with Crippen LogP contribution in [0.3, 0.4) is 0 Å². The fraction of sp³-hybridized carbons (Fsp3) is 0.214. The van der Waals surface area contributed by atoms with Gasteiger partial charge in [-0.25, -0.2) is 4.79 Å². The second kappa shape index (κ2) is 10.8. The van der Waals surface area contributed by atoms with E-state index in [2.05, 4.69) is 10.6 Å². The zero-order valence-electron chi connectivity index (χ0n) is 19.4. The van der Waals surface area contributed by atoms with Crippen molar-refractivity contribution in [2.24, 2.45) is 0 Å². The highest BCUT2D eigenvalue weighted by atomic mass is 16.2. The molecular weight excluding hydrogens is 442 g/mol. The standard InChI is InChI=1S/C28H27N3O4/c1-19(21-12-6-3-7-13-21)29-26(33)24-15-9-8-14-22(24)17-23(32)18-31-27(34)25(30-28(31)35)16-20-10-4-2-5-11-20/h2-15,19,25H,16-18H2,1H3,(H,29,33)(H,30,35). The molecule has 1 aliphatic rings. The molecule has 178 valence electrons. The number of ketones is 1. The first-order chi connectivity index (χ1) is 16.9. The summed E-state index contributed by atoms with van der Waals surface area (Å²) in [5.74, 6) is -1.04. The van der Waals surface area contributed by atoms with Crippen LogP contribution in [0.15, 0.2) is 84.9 Å². The van der Waals surface area contributed by atoms with Gasteiger partial charge in [0.2, 0.25) is 0 Å². The Hall–Kier alpha value is -4.26. The van der Waals surface area contributed by atoms with Crippen molar-refractivity contribution in [3.8, 4) is 0 Å². The molecule has 2 atom stereocenters. The second-order valence-corrected chi connectivity index (χ2v) is 8.59. The van der Waals surface area contributed by atoms with Crippen LogP contribution in [0.5, 0.6) is 0 Å². The van der Waals surface area contributed by atoms with Crippen molar-refractivity contribution in [3.63, 3.8) is 0 Å². The van der Waals surface area contributed by atoms with Gasteiger partial charge in [-0.1, -0.05) is 78.9 Å². The molecule has 35 heavy (non-hydrogen) atoms. The highest BCUT2D eigenvalue weighted by Crippen LogP contribution is 2.17. The Morgan fingerprint density at radius 2 is 1.54 bits per heavy atom. The zero-order valence-corrected chi connectivity index (χ0v) is 19.4. The lowest BCUT2D eigenvalue weighted by atomic mass is 10.0. The molecule has 1 fully saturated rings. The molecule has 2 N–H and O–H groups in total. The van der Waals surface area contributed by atoms with E-state index < -0.39 is 18.0 Å². The fourth-order valence-electron chi connectivity index (χ4n) is 4.15. The van der Waals surface area contributed by atoms with Crippen LogP contribution in [0.1, 0.15) is 40.0 Å². The van der Waals surface area contributed by atoms with Crippen LogP contribution in [0.25, 0.3) is 0 Å². The van der Waals surface area contributed by atoms with Gasteiger partial charge < -0.3 is 10.6 Å². The minimum absolute atomic E-state index is 0.0658. The van der Waals surface area contributed by atoms with Crippen LogP contribution in [-0.4, -0.2) is 41.1 Å². The van der Waals surface area contributed by atoms with Crippen molar-refractivity contribution < 1.29 is 19.2 Å². The largest absolute Gasteiger partial charge is 0.346 e. The predicted molar refractivity (Wildman–Crippen MR) is 132 cm³/mol. The van der Waals surface area contributed by atoms with E-state index in [9.17, 15) is 19.2 Å². The van der Waals surface area contributed by atoms with E-state index in [1.165, 1.54) is 0 Å². The predicted octanol–water partition coefficient (Wildman–Crippen LogP) is 3.45. The van der Waals surface area contributed by atoms with E-state index in [4.69, 9.17) is 0 Å². The molecule has 4 rings (SSSR count). The smallest absolute Gasteiger partial charge is 0.325 e. The lowest BCUT2D eigenvalue weighted by Gasteiger charge is -2.16. The third-order valence-corrected chi connectivity index (χ3v) is 6.02. The number of nitrogens with zero attached hydrogens (tertiary/aromatic N) is 1. The number of carbonyl (C=O) groups is 4. The van der Waals surface area contributed by atoms with Gasteiger partial charge in [0, 0.05) is 18.4 Å². The van der Waals surface area contributed by atoms with Gasteiger partial charge >= 0.3 is 6.03 Å². The molecule has 0 bridgehead atoms. The van der Waals surface area contributed by atoms with Crippen molar-refractivity contribution in [1.29, 1.82) is 0 Å². The molecule has 7 heteroatoms. The van der Waals surface area contributed by atoms with E-state index >= 15 is 0 Å². The number of rotatable bonds is 9. The average Bonchev–Trinajstić information content (AvgIpc) is 3.12. The van der Waals surface area contributed by atoms with Gasteiger partial charge in [-0.15, -0.1) is 0 Å². The number of amides is 4. The molecule has 3 aromatic carbocycles. The first-order valence-corrected chi connectivity index (χ1v) is 11.5. The Balaban J connectivity index is 1.39. The van der Waals surface area contributed by atoms with Crippen molar-refractivity contribution in [2.75, 3.05) is 6.54 Å². The van der Waals surface area contributed by atoms with Crippen LogP contribution >= 0.6 is 0 Å². The van der Waals surface area contributed by atoms with Gasteiger partial charge in [0.1, 0.15) is 6.04 Å². The summed E-state index contributed by atoms with van der Waals surface area (Å²) in [6.07, 6.45) is 0.294. The van der Waals surface area contributed by atoms with E-state index in [-0.39, 0.29) is 30.7 Å². The highest BCUT2D eigenvalue weighted by Gasteiger charge is 2.38. The quantitative estimate of drug-likeness (QED) is 0.469. The maximum atomic E-state index is 12.9. The molecular formula is C28H27N3O4. The number of hydrogen-bond donors (Lipinski definition) is 2. The van der Waals surface area contributed by atoms with Crippen molar-refractivity contribution in [3.05, 3.63) is 107 Å². The Labute approximate surface area is 204 Å². The zero-order chi connectivity index (χ0) is 24.8. The molecule has 2 unspecified atom stereocenters. The average molecular weight is 470 g/mol. The second-order valence-electron chi connectivity index (χ2n) is 8.59. The number of Topliss-reactive ketones (excluding diaryl/α,β-unsaturated/α-hetero) is 1. The fourth-order valence-corrected chi connectivity index (χ4v) is 4.15. The van der Waals surface area contributed by atoms with Crippen LogP contribution in [-0.2, 0) is 22.4 Å². The summed E-state index contributed by atoms with van der Waals surface area (Å²) in [6.45, 7) is 1.55. The molecule has 1 heterocycles. The van der Waals surface area contributed by atoms with Crippen LogP contribution in [0.2, 0.25) is 0 Å². The minimum Gasteiger partial charge on any atom is -0.346 e. The third-order valence-electron chi connectivity index (χ3n) is 6.02. The lowest BCUT2D eigenvalue weighted by molar-refractivity contribution is -0.131. The number of imide groups is 1. The van der Waals surface area contributed by atoms with Gasteiger partial charge in [-0.2, -0.15) is 0 Å². The van der Waals surface area contributed by atoms with Gasteiger partial charge in [0.05, 0.1) is 12.6 Å². The maximum Gasteiger partial charge on any atom is 0.325 e. The number of carbonyl (C=O) groups excluding carboxylic acids is 4. The summed E-state index contributed by atoms with van der Waals surface area (Å²) in [6, 6.07) is 24.4. The molecule has 1 aliphatic heterocycles. The summed E-state index contributed by atoms with van der Waals surface area (Å²) in [5, 5.41) is 5.62. The number of hydrogen-bond acceptors (Lipinski definition) is 4. The van der Waals surface area contributed by atoms with Crippen LogP contribution < -0.4 is 10.6 Å². The van der Waals surface area contributed by atoms with Crippen LogP contribution in [0.4, 0.5) is 4.79 Å². The molecule has 1 saturated heterocycles. The summed E-state index contributed by atoms with van der Waals surface area (Å²) in [5.41, 5.74) is 2.83. The maximum absolute atomic E-state index is 12.9. The molecule has 0 aromatic heterocycles. The van der Waals surface area contributed by atoms with Gasteiger partial charge in [0.25, 0.3) is 11.8 Å². The molecule has 3 aromatic rings. The van der Waals surface area contributed by atoms with Gasteiger partial charge in [-0.3, -0.25) is 19.3 Å². The van der Waals surface area contributed by atoms with Gasteiger partial charge in [-0.05, 0) is 29.7 Å². The number of nitrogens with one attached hydrogen (secondary N) is 2. The molecule has 7 nitrogen and oxygen atoms in total.